The van der Waals surface area contributed by atoms with Gasteiger partial charge in [0.1, 0.15) is 0 Å². The van der Waals surface area contributed by atoms with Crippen LogP contribution in [0.3, 0.4) is 0 Å². The zero-order valence-electron chi connectivity index (χ0n) is 13.8. The minimum Gasteiger partial charge on any atom is -0.348 e. The molecule has 0 aliphatic rings. The summed E-state index contributed by atoms with van der Waals surface area (Å²) in [6.45, 7) is 2.51. The lowest BCUT2D eigenvalue weighted by Gasteiger charge is -2.09. The summed E-state index contributed by atoms with van der Waals surface area (Å²) in [7, 11) is 0. The number of carbonyl (C=O) groups is 2. The average molecular weight is 350 g/mol. The van der Waals surface area contributed by atoms with Crippen LogP contribution in [0.4, 0.5) is 5.69 Å². The number of aryl methyl sites for hydroxylation is 1. The average Bonchev–Trinajstić information content (AvgIpc) is 3.16. The van der Waals surface area contributed by atoms with Crippen LogP contribution in [0.25, 0.3) is 0 Å². The molecule has 0 unspecified atom stereocenters. The van der Waals surface area contributed by atoms with E-state index in [9.17, 15) is 9.59 Å². The van der Waals surface area contributed by atoms with Crippen molar-refractivity contribution in [2.75, 3.05) is 5.32 Å². The molecular formula is C20H18N2O2S. The van der Waals surface area contributed by atoms with Crippen molar-refractivity contribution in [2.45, 2.75) is 13.5 Å². The Morgan fingerprint density at radius 3 is 2.36 bits per heavy atom. The summed E-state index contributed by atoms with van der Waals surface area (Å²) < 4.78 is 0. The molecule has 2 aromatic carbocycles. The molecule has 2 N–H and O–H groups in total. The van der Waals surface area contributed by atoms with E-state index in [0.717, 1.165) is 11.1 Å². The van der Waals surface area contributed by atoms with Crippen LogP contribution in [-0.4, -0.2) is 11.8 Å². The van der Waals surface area contributed by atoms with Crippen molar-refractivity contribution >= 4 is 28.8 Å². The Morgan fingerprint density at radius 1 is 0.920 bits per heavy atom. The smallest absolute Gasteiger partial charge is 0.265 e. The number of amides is 2. The van der Waals surface area contributed by atoms with Crippen LogP contribution in [0.2, 0.25) is 0 Å². The molecule has 0 spiro atoms. The molecule has 0 atom stereocenters. The second-order valence-electron chi connectivity index (χ2n) is 5.62. The maximum atomic E-state index is 12.3. The summed E-state index contributed by atoms with van der Waals surface area (Å²) in [4.78, 5) is 24.9. The minimum atomic E-state index is -0.147. The largest absolute Gasteiger partial charge is 0.348 e. The van der Waals surface area contributed by atoms with Gasteiger partial charge in [0.15, 0.2) is 0 Å². The van der Waals surface area contributed by atoms with Gasteiger partial charge in [-0.1, -0.05) is 30.3 Å². The number of hydrogen-bond donors (Lipinski definition) is 2. The van der Waals surface area contributed by atoms with Gasteiger partial charge in [-0.15, -0.1) is 11.3 Å². The van der Waals surface area contributed by atoms with Gasteiger partial charge >= 0.3 is 0 Å². The molecule has 0 saturated carbocycles. The quantitative estimate of drug-likeness (QED) is 0.723. The third kappa shape index (κ3) is 4.33. The van der Waals surface area contributed by atoms with Crippen molar-refractivity contribution in [1.82, 2.24) is 5.32 Å². The first-order chi connectivity index (χ1) is 12.1. The van der Waals surface area contributed by atoms with Crippen LogP contribution >= 0.6 is 11.3 Å². The molecule has 4 nitrogen and oxygen atoms in total. The number of nitrogens with one attached hydrogen (secondary N) is 2. The highest BCUT2D eigenvalue weighted by Crippen LogP contribution is 2.14. The van der Waals surface area contributed by atoms with Crippen molar-refractivity contribution in [3.8, 4) is 0 Å². The van der Waals surface area contributed by atoms with Crippen LogP contribution in [-0.2, 0) is 6.54 Å². The SMILES string of the molecule is Cc1ccccc1CNC(=O)c1ccc(NC(=O)c2cccs2)cc1. The Morgan fingerprint density at radius 2 is 1.68 bits per heavy atom. The number of rotatable bonds is 5. The van der Waals surface area contributed by atoms with Gasteiger partial charge < -0.3 is 10.6 Å². The molecule has 1 aromatic heterocycles. The maximum absolute atomic E-state index is 12.3. The summed E-state index contributed by atoms with van der Waals surface area (Å²) in [5, 5.41) is 7.59. The first kappa shape index (κ1) is 16.9. The molecule has 5 heteroatoms. The van der Waals surface area contributed by atoms with Crippen molar-refractivity contribution < 1.29 is 9.59 Å². The van der Waals surface area contributed by atoms with Crippen LogP contribution in [0, 0.1) is 6.92 Å². The van der Waals surface area contributed by atoms with E-state index >= 15 is 0 Å². The molecule has 0 bridgehead atoms. The Hall–Kier alpha value is -2.92. The first-order valence-corrected chi connectivity index (χ1v) is 8.79. The number of thiophene rings is 1. The van der Waals surface area contributed by atoms with E-state index < -0.39 is 0 Å². The number of anilines is 1. The second kappa shape index (κ2) is 7.77. The molecule has 3 rings (SSSR count). The van der Waals surface area contributed by atoms with Gasteiger partial charge in [0, 0.05) is 17.8 Å². The third-order valence-electron chi connectivity index (χ3n) is 3.85. The van der Waals surface area contributed by atoms with E-state index in [4.69, 9.17) is 0 Å². The standard InChI is InChI=1S/C20H18N2O2S/c1-14-5-2-3-6-16(14)13-21-19(23)15-8-10-17(11-9-15)22-20(24)18-7-4-12-25-18/h2-12H,13H2,1H3,(H,21,23)(H,22,24). The van der Waals surface area contributed by atoms with Crippen LogP contribution in [0.5, 0.6) is 0 Å². The van der Waals surface area contributed by atoms with Crippen molar-refractivity contribution in [2.24, 2.45) is 0 Å². The monoisotopic (exact) mass is 350 g/mol. The van der Waals surface area contributed by atoms with Gasteiger partial charge in [-0.2, -0.15) is 0 Å². The van der Waals surface area contributed by atoms with E-state index in [1.165, 1.54) is 11.3 Å². The minimum absolute atomic E-state index is 0.139. The zero-order chi connectivity index (χ0) is 17.6. The predicted octanol–water partition coefficient (Wildman–Crippen LogP) is 4.24. The lowest BCUT2D eigenvalue weighted by Crippen LogP contribution is -2.23. The number of carbonyl (C=O) groups excluding carboxylic acids is 2. The predicted molar refractivity (Wildman–Crippen MR) is 101 cm³/mol. The summed E-state index contributed by atoms with van der Waals surface area (Å²) in [6.07, 6.45) is 0. The molecule has 0 saturated heterocycles. The molecule has 0 aliphatic carbocycles. The highest BCUT2D eigenvalue weighted by Gasteiger charge is 2.09. The maximum Gasteiger partial charge on any atom is 0.265 e. The van der Waals surface area contributed by atoms with Crippen molar-refractivity contribution in [1.29, 1.82) is 0 Å². The lowest BCUT2D eigenvalue weighted by atomic mass is 10.1. The van der Waals surface area contributed by atoms with E-state index in [-0.39, 0.29) is 11.8 Å². The van der Waals surface area contributed by atoms with Gasteiger partial charge in [-0.3, -0.25) is 9.59 Å². The molecule has 126 valence electrons. The van der Waals surface area contributed by atoms with Gasteiger partial charge in [0.25, 0.3) is 11.8 Å². The van der Waals surface area contributed by atoms with Gasteiger partial charge in [0.05, 0.1) is 4.88 Å². The molecule has 1 heterocycles. The fourth-order valence-electron chi connectivity index (χ4n) is 2.39. The Bertz CT molecular complexity index is 871. The van der Waals surface area contributed by atoms with Crippen LogP contribution in [0.15, 0.2) is 66.0 Å². The lowest BCUT2D eigenvalue weighted by molar-refractivity contribution is 0.0950. The van der Waals surface area contributed by atoms with Gasteiger partial charge in [-0.25, -0.2) is 0 Å². The van der Waals surface area contributed by atoms with Gasteiger partial charge in [-0.05, 0) is 53.8 Å². The number of hydrogen-bond acceptors (Lipinski definition) is 3. The summed E-state index contributed by atoms with van der Waals surface area (Å²) in [6, 6.07) is 18.4. The molecule has 0 aliphatic heterocycles. The summed E-state index contributed by atoms with van der Waals surface area (Å²) in [5.41, 5.74) is 3.46. The van der Waals surface area contributed by atoms with Crippen molar-refractivity contribution in [3.05, 3.63) is 87.6 Å². The van der Waals surface area contributed by atoms with Gasteiger partial charge in [0.2, 0.25) is 0 Å². The first-order valence-electron chi connectivity index (χ1n) is 7.91. The number of benzene rings is 2. The van der Waals surface area contributed by atoms with E-state index in [0.29, 0.717) is 22.7 Å². The highest BCUT2D eigenvalue weighted by atomic mass is 32.1. The van der Waals surface area contributed by atoms with Crippen LogP contribution in [0.1, 0.15) is 31.2 Å². The van der Waals surface area contributed by atoms with Crippen LogP contribution < -0.4 is 10.6 Å². The molecule has 0 fully saturated rings. The van der Waals surface area contributed by atoms with Crippen molar-refractivity contribution in [3.63, 3.8) is 0 Å². The third-order valence-corrected chi connectivity index (χ3v) is 4.72. The Kier molecular flexibility index (Phi) is 5.26. The molecule has 2 amide bonds. The zero-order valence-corrected chi connectivity index (χ0v) is 14.6. The second-order valence-corrected chi connectivity index (χ2v) is 6.57. The molecule has 0 radical (unpaired) electrons. The Labute approximate surface area is 150 Å². The highest BCUT2D eigenvalue weighted by molar-refractivity contribution is 7.12. The summed E-state index contributed by atoms with van der Waals surface area (Å²) in [5.74, 6) is -0.286. The topological polar surface area (TPSA) is 58.2 Å². The summed E-state index contributed by atoms with van der Waals surface area (Å²) >= 11 is 1.39. The van der Waals surface area contributed by atoms with E-state index in [2.05, 4.69) is 10.6 Å². The molecular weight excluding hydrogens is 332 g/mol. The normalized spacial score (nSPS) is 10.3. The van der Waals surface area contributed by atoms with E-state index in [1.807, 2.05) is 42.6 Å². The fourth-order valence-corrected chi connectivity index (χ4v) is 3.01. The fraction of sp³-hybridized carbons (Fsp3) is 0.100. The molecule has 25 heavy (non-hydrogen) atoms. The molecule has 3 aromatic rings. The van der Waals surface area contributed by atoms with E-state index in [1.54, 1.807) is 30.3 Å². The Balaban J connectivity index is 1.59.